The Morgan fingerprint density at radius 2 is 1.43 bits per heavy atom. The van der Waals surface area contributed by atoms with Crippen LogP contribution in [0.3, 0.4) is 0 Å². The highest BCUT2D eigenvalue weighted by Gasteiger charge is 2.26. The van der Waals surface area contributed by atoms with Gasteiger partial charge in [0.1, 0.15) is 10.3 Å². The molecule has 0 aliphatic carbocycles. The maximum atomic E-state index is 6.73. The Morgan fingerprint density at radius 3 is 2.03 bits per heavy atom. The van der Waals surface area contributed by atoms with E-state index in [0.29, 0.717) is 21.3 Å². The lowest BCUT2D eigenvalue weighted by molar-refractivity contribution is 0.311. The quantitative estimate of drug-likeness (QED) is 0.465. The van der Waals surface area contributed by atoms with Gasteiger partial charge in [-0.15, -0.1) is 0 Å². The smallest absolute Gasteiger partial charge is 0.228 e. The third-order valence-corrected chi connectivity index (χ3v) is 6.36. The van der Waals surface area contributed by atoms with Gasteiger partial charge >= 0.3 is 0 Å². The summed E-state index contributed by atoms with van der Waals surface area (Å²) < 4.78 is 0. The number of anilines is 1. The standard InChI is InChI=1S/C23H23Cl3N4/c1-29-11-13-30(14-12-29)23-27-21(25)20(22(26)28-23)19(15-16-5-3-2-4-6-16)17-7-9-18(24)10-8-17/h2-10,19H,11-15H2,1H3. The average molecular weight is 462 g/mol. The fourth-order valence-electron chi connectivity index (χ4n) is 3.77. The second-order valence-electron chi connectivity index (χ2n) is 7.60. The van der Waals surface area contributed by atoms with Gasteiger partial charge in [0.25, 0.3) is 0 Å². The minimum atomic E-state index is -0.0776. The van der Waals surface area contributed by atoms with Crippen LogP contribution in [0, 0.1) is 0 Å². The van der Waals surface area contributed by atoms with Gasteiger partial charge in [0.05, 0.1) is 0 Å². The number of rotatable bonds is 5. The molecule has 7 heteroatoms. The molecule has 4 nitrogen and oxygen atoms in total. The van der Waals surface area contributed by atoms with Crippen LogP contribution in [-0.4, -0.2) is 48.1 Å². The van der Waals surface area contributed by atoms with Gasteiger partial charge in [0.2, 0.25) is 5.95 Å². The van der Waals surface area contributed by atoms with Crippen molar-refractivity contribution < 1.29 is 0 Å². The summed E-state index contributed by atoms with van der Waals surface area (Å²) in [7, 11) is 2.11. The van der Waals surface area contributed by atoms with Gasteiger partial charge < -0.3 is 9.80 Å². The summed E-state index contributed by atoms with van der Waals surface area (Å²) in [4.78, 5) is 13.7. The molecule has 0 amide bonds. The van der Waals surface area contributed by atoms with Crippen molar-refractivity contribution in [2.75, 3.05) is 38.1 Å². The monoisotopic (exact) mass is 460 g/mol. The minimum Gasteiger partial charge on any atom is -0.338 e. The molecular formula is C23H23Cl3N4. The fraction of sp³-hybridized carbons (Fsp3) is 0.304. The molecule has 0 N–H and O–H groups in total. The Hall–Kier alpha value is -1.85. The highest BCUT2D eigenvalue weighted by atomic mass is 35.5. The van der Waals surface area contributed by atoms with Crippen LogP contribution in [0.4, 0.5) is 5.95 Å². The molecule has 1 aliphatic heterocycles. The van der Waals surface area contributed by atoms with Crippen molar-refractivity contribution in [2.24, 2.45) is 0 Å². The van der Waals surface area contributed by atoms with Crippen LogP contribution in [-0.2, 0) is 6.42 Å². The van der Waals surface area contributed by atoms with Crippen molar-refractivity contribution in [1.29, 1.82) is 0 Å². The van der Waals surface area contributed by atoms with Crippen LogP contribution in [0.2, 0.25) is 15.3 Å². The van der Waals surface area contributed by atoms with Crippen LogP contribution in [0.1, 0.15) is 22.6 Å². The highest BCUT2D eigenvalue weighted by molar-refractivity contribution is 6.35. The third kappa shape index (κ3) is 4.89. The number of likely N-dealkylation sites (N-methyl/N-ethyl adjacent to an activating group) is 1. The van der Waals surface area contributed by atoms with Crippen molar-refractivity contribution in [1.82, 2.24) is 14.9 Å². The summed E-state index contributed by atoms with van der Waals surface area (Å²) in [5, 5.41) is 1.50. The molecule has 1 aromatic heterocycles. The van der Waals surface area contributed by atoms with Gasteiger partial charge in [-0.3, -0.25) is 0 Å². The zero-order valence-electron chi connectivity index (χ0n) is 16.7. The number of hydrogen-bond donors (Lipinski definition) is 0. The van der Waals surface area contributed by atoms with Gasteiger partial charge in [0, 0.05) is 42.7 Å². The normalized spacial score (nSPS) is 15.9. The molecule has 0 saturated carbocycles. The topological polar surface area (TPSA) is 32.3 Å². The van der Waals surface area contributed by atoms with E-state index >= 15 is 0 Å². The SMILES string of the molecule is CN1CCN(c2nc(Cl)c(C(Cc3ccccc3)c3ccc(Cl)cc3)c(Cl)n2)CC1. The lowest BCUT2D eigenvalue weighted by Gasteiger charge is -2.32. The van der Waals surface area contributed by atoms with Crippen LogP contribution in [0.25, 0.3) is 0 Å². The number of hydrogen-bond acceptors (Lipinski definition) is 4. The van der Waals surface area contributed by atoms with Gasteiger partial charge in [-0.2, -0.15) is 0 Å². The summed E-state index contributed by atoms with van der Waals surface area (Å²) in [5.74, 6) is 0.516. The molecule has 3 aromatic rings. The molecule has 1 atom stereocenters. The Morgan fingerprint density at radius 1 is 0.833 bits per heavy atom. The van der Waals surface area contributed by atoms with Gasteiger partial charge in [-0.25, -0.2) is 9.97 Å². The van der Waals surface area contributed by atoms with Crippen molar-refractivity contribution in [3.05, 3.63) is 86.6 Å². The molecule has 1 saturated heterocycles. The summed E-state index contributed by atoms with van der Waals surface area (Å²) in [5.41, 5.74) is 3.01. The van der Waals surface area contributed by atoms with Gasteiger partial charge in [0.15, 0.2) is 0 Å². The molecule has 30 heavy (non-hydrogen) atoms. The molecule has 4 rings (SSSR count). The number of benzene rings is 2. The largest absolute Gasteiger partial charge is 0.338 e. The number of aromatic nitrogens is 2. The fourth-order valence-corrected chi connectivity index (χ4v) is 4.54. The Kier molecular flexibility index (Phi) is 6.79. The van der Waals surface area contributed by atoms with Gasteiger partial charge in [-0.1, -0.05) is 77.3 Å². The molecule has 1 unspecified atom stereocenters. The predicted molar refractivity (Wildman–Crippen MR) is 125 cm³/mol. The molecule has 1 aliphatic rings. The van der Waals surface area contributed by atoms with E-state index in [2.05, 4.69) is 38.9 Å². The van der Waals surface area contributed by atoms with E-state index in [1.54, 1.807) is 0 Å². The highest BCUT2D eigenvalue weighted by Crippen LogP contribution is 2.37. The van der Waals surface area contributed by atoms with Crippen molar-refractivity contribution in [3.8, 4) is 0 Å². The van der Waals surface area contributed by atoms with Crippen LogP contribution < -0.4 is 4.90 Å². The zero-order chi connectivity index (χ0) is 21.1. The molecule has 0 radical (unpaired) electrons. The third-order valence-electron chi connectivity index (χ3n) is 5.53. The van der Waals surface area contributed by atoms with Gasteiger partial charge in [-0.05, 0) is 36.7 Å². The Labute approximate surface area is 192 Å². The number of halogens is 3. The first kappa shape index (κ1) is 21.4. The van der Waals surface area contributed by atoms with E-state index in [-0.39, 0.29) is 5.92 Å². The van der Waals surface area contributed by atoms with E-state index in [1.165, 1.54) is 5.56 Å². The molecule has 2 aromatic carbocycles. The summed E-state index contributed by atoms with van der Waals surface area (Å²) in [6, 6.07) is 18.1. The summed E-state index contributed by atoms with van der Waals surface area (Å²) in [6.07, 6.45) is 0.735. The van der Waals surface area contributed by atoms with Crippen LogP contribution in [0.15, 0.2) is 54.6 Å². The second-order valence-corrected chi connectivity index (χ2v) is 8.76. The Bertz CT molecular complexity index is 964. The zero-order valence-corrected chi connectivity index (χ0v) is 19.0. The molecular weight excluding hydrogens is 439 g/mol. The van der Waals surface area contributed by atoms with E-state index in [0.717, 1.165) is 43.7 Å². The molecule has 2 heterocycles. The lowest BCUT2D eigenvalue weighted by atomic mass is 9.87. The summed E-state index contributed by atoms with van der Waals surface area (Å²) in [6.45, 7) is 3.63. The number of piperazine rings is 1. The molecule has 156 valence electrons. The van der Waals surface area contributed by atoms with E-state index in [1.807, 2.05) is 42.5 Å². The molecule has 0 bridgehead atoms. The molecule has 1 fully saturated rings. The maximum Gasteiger partial charge on any atom is 0.228 e. The van der Waals surface area contributed by atoms with Crippen molar-refractivity contribution in [3.63, 3.8) is 0 Å². The first-order chi connectivity index (χ1) is 14.5. The number of nitrogens with zero attached hydrogens (tertiary/aromatic N) is 4. The minimum absolute atomic E-state index is 0.0776. The maximum absolute atomic E-state index is 6.73. The first-order valence-corrected chi connectivity index (χ1v) is 11.1. The van der Waals surface area contributed by atoms with Crippen molar-refractivity contribution >= 4 is 40.8 Å². The Balaban J connectivity index is 1.71. The first-order valence-electron chi connectivity index (χ1n) is 9.97. The predicted octanol–water partition coefficient (Wildman–Crippen LogP) is 5.56. The van der Waals surface area contributed by atoms with Crippen LogP contribution >= 0.6 is 34.8 Å². The molecule has 0 spiro atoms. The van der Waals surface area contributed by atoms with E-state index in [9.17, 15) is 0 Å². The second kappa shape index (κ2) is 9.52. The average Bonchev–Trinajstić information content (AvgIpc) is 2.74. The summed E-state index contributed by atoms with van der Waals surface area (Å²) >= 11 is 19.6. The van der Waals surface area contributed by atoms with E-state index < -0.39 is 0 Å². The lowest BCUT2D eigenvalue weighted by Crippen LogP contribution is -2.45. The van der Waals surface area contributed by atoms with E-state index in [4.69, 9.17) is 34.8 Å². The van der Waals surface area contributed by atoms with Crippen LogP contribution in [0.5, 0.6) is 0 Å². The van der Waals surface area contributed by atoms with Crippen molar-refractivity contribution in [2.45, 2.75) is 12.3 Å².